The first kappa shape index (κ1) is 24.8. The maximum absolute atomic E-state index is 13.5. The van der Waals surface area contributed by atoms with E-state index in [4.69, 9.17) is 4.98 Å². The number of pyridine rings is 2. The summed E-state index contributed by atoms with van der Waals surface area (Å²) in [5.74, 6) is 1.28. The van der Waals surface area contributed by atoms with Gasteiger partial charge in [0.25, 0.3) is 0 Å². The number of hydrogen-bond acceptors (Lipinski definition) is 6. The first-order chi connectivity index (χ1) is 18.3. The number of rotatable bonds is 5. The predicted molar refractivity (Wildman–Crippen MR) is 146 cm³/mol. The Bertz CT molecular complexity index is 1500. The zero-order chi connectivity index (χ0) is 26.6. The predicted octanol–water partition coefficient (Wildman–Crippen LogP) is 3.71. The number of carbonyl (C=O) groups excluding carboxylic acids is 1. The highest BCUT2D eigenvalue weighted by molar-refractivity contribution is 5.90. The maximum Gasteiger partial charge on any atom is 0.236 e. The van der Waals surface area contributed by atoms with E-state index in [1.54, 1.807) is 6.33 Å². The van der Waals surface area contributed by atoms with Crippen molar-refractivity contribution in [2.45, 2.75) is 46.2 Å². The number of carbonyl (C=O) groups is 1. The van der Waals surface area contributed by atoms with Crippen molar-refractivity contribution < 1.29 is 9.18 Å². The van der Waals surface area contributed by atoms with Gasteiger partial charge in [-0.05, 0) is 49.4 Å². The van der Waals surface area contributed by atoms with Crippen LogP contribution in [0.4, 0.5) is 10.2 Å². The van der Waals surface area contributed by atoms with Crippen LogP contribution in [0.25, 0.3) is 27.9 Å². The van der Waals surface area contributed by atoms with E-state index in [1.165, 1.54) is 11.1 Å². The second-order valence-electron chi connectivity index (χ2n) is 10.9. The number of halogens is 1. The number of aromatic nitrogens is 5. The third kappa shape index (κ3) is 4.30. The van der Waals surface area contributed by atoms with Gasteiger partial charge in [0.2, 0.25) is 5.91 Å². The number of H-pyrrole nitrogens is 1. The Hall–Kier alpha value is -3.53. The summed E-state index contributed by atoms with van der Waals surface area (Å²) in [6.45, 7) is 12.7. The molecule has 1 amide bonds. The van der Waals surface area contributed by atoms with Crippen molar-refractivity contribution in [1.82, 2.24) is 34.4 Å². The molecule has 6 heterocycles. The number of amides is 1. The van der Waals surface area contributed by atoms with Gasteiger partial charge in [-0.1, -0.05) is 13.8 Å². The zero-order valence-corrected chi connectivity index (χ0v) is 22.5. The number of fused-ring (bicyclic) bond motifs is 2. The number of alkyl halides is 1. The number of aromatic amines is 1. The van der Waals surface area contributed by atoms with E-state index in [0.717, 1.165) is 52.4 Å². The van der Waals surface area contributed by atoms with Crippen LogP contribution < -0.4 is 4.90 Å². The Morgan fingerprint density at radius 2 is 1.92 bits per heavy atom. The minimum absolute atomic E-state index is 0.0922. The second kappa shape index (κ2) is 9.65. The fourth-order valence-electron chi connectivity index (χ4n) is 5.89. The standard InChI is InChI=1S/C28H35FN8O/c1-17(2)25-26(21-14-37-28(30-16-31-37)19(4)18(21)3)32-22-5-6-23(33-27(22)25)35-9-11-36(12-10-35)24(38)15-34-8-7-20(29)13-34/h5-6,14,16-17,20,32H,7-13,15H2,1-4H3. The smallest absolute Gasteiger partial charge is 0.236 e. The average Bonchev–Trinajstić information content (AvgIpc) is 3.64. The lowest BCUT2D eigenvalue weighted by atomic mass is 9.95. The van der Waals surface area contributed by atoms with Crippen LogP contribution in [0.1, 0.15) is 42.9 Å². The van der Waals surface area contributed by atoms with E-state index < -0.39 is 6.17 Å². The van der Waals surface area contributed by atoms with Crippen LogP contribution >= 0.6 is 0 Å². The number of piperazine rings is 1. The van der Waals surface area contributed by atoms with Crippen LogP contribution in [0.15, 0.2) is 24.7 Å². The molecule has 4 aromatic rings. The molecule has 2 aliphatic heterocycles. The van der Waals surface area contributed by atoms with Crippen molar-refractivity contribution in [2.75, 3.05) is 50.7 Å². The molecule has 0 aromatic carbocycles. The van der Waals surface area contributed by atoms with Gasteiger partial charge in [0, 0.05) is 56.6 Å². The van der Waals surface area contributed by atoms with Crippen molar-refractivity contribution >= 4 is 28.4 Å². The lowest BCUT2D eigenvalue weighted by Crippen LogP contribution is -2.51. The number of likely N-dealkylation sites (tertiary alicyclic amines) is 1. The third-order valence-corrected chi connectivity index (χ3v) is 8.17. The van der Waals surface area contributed by atoms with Crippen molar-refractivity contribution in [3.63, 3.8) is 0 Å². The summed E-state index contributed by atoms with van der Waals surface area (Å²) in [7, 11) is 0. The van der Waals surface area contributed by atoms with Gasteiger partial charge in [0.1, 0.15) is 18.3 Å². The normalized spacial score (nSPS) is 18.9. The molecule has 0 aliphatic carbocycles. The molecule has 0 radical (unpaired) electrons. The molecule has 0 saturated carbocycles. The number of anilines is 1. The topological polar surface area (TPSA) is 85.7 Å². The van der Waals surface area contributed by atoms with E-state index in [0.29, 0.717) is 39.1 Å². The molecule has 1 atom stereocenters. The summed E-state index contributed by atoms with van der Waals surface area (Å²) in [5, 5.41) is 4.38. The van der Waals surface area contributed by atoms with Crippen LogP contribution in [0.5, 0.6) is 0 Å². The fraction of sp³-hybridized carbons (Fsp3) is 0.500. The highest BCUT2D eigenvalue weighted by atomic mass is 19.1. The molecule has 2 aliphatic rings. The van der Waals surface area contributed by atoms with E-state index in [9.17, 15) is 9.18 Å². The summed E-state index contributed by atoms with van der Waals surface area (Å²) < 4.78 is 15.3. The highest BCUT2D eigenvalue weighted by Gasteiger charge is 2.28. The van der Waals surface area contributed by atoms with Crippen molar-refractivity contribution in [3.05, 3.63) is 41.3 Å². The molecule has 38 heavy (non-hydrogen) atoms. The minimum atomic E-state index is -0.802. The Kier molecular flexibility index (Phi) is 6.29. The summed E-state index contributed by atoms with van der Waals surface area (Å²) in [5.41, 5.74) is 8.52. The van der Waals surface area contributed by atoms with Gasteiger partial charge < -0.3 is 14.8 Å². The fourth-order valence-corrected chi connectivity index (χ4v) is 5.89. The number of hydrogen-bond donors (Lipinski definition) is 1. The van der Waals surface area contributed by atoms with Gasteiger partial charge in [0.05, 0.1) is 23.3 Å². The number of nitrogens with zero attached hydrogens (tertiary/aromatic N) is 7. The molecule has 2 fully saturated rings. The molecule has 200 valence electrons. The van der Waals surface area contributed by atoms with Crippen LogP contribution in [0.3, 0.4) is 0 Å². The lowest BCUT2D eigenvalue weighted by Gasteiger charge is -2.36. The van der Waals surface area contributed by atoms with Gasteiger partial charge in [-0.15, -0.1) is 0 Å². The molecular weight excluding hydrogens is 483 g/mol. The SMILES string of the molecule is Cc1c(-c2[nH]c3ccc(N4CCN(C(=O)CN5CCC(F)C5)CC4)nc3c2C(C)C)cn2ncnc2c1C. The highest BCUT2D eigenvalue weighted by Crippen LogP contribution is 2.38. The summed E-state index contributed by atoms with van der Waals surface area (Å²) in [4.78, 5) is 32.0. The number of nitrogens with one attached hydrogen (secondary N) is 1. The average molecular weight is 519 g/mol. The monoisotopic (exact) mass is 518 g/mol. The Labute approximate surface area is 221 Å². The van der Waals surface area contributed by atoms with Crippen molar-refractivity contribution in [1.29, 1.82) is 0 Å². The summed E-state index contributed by atoms with van der Waals surface area (Å²) in [6.07, 6.45) is 3.37. The molecule has 9 nitrogen and oxygen atoms in total. The minimum Gasteiger partial charge on any atom is -0.353 e. The lowest BCUT2D eigenvalue weighted by molar-refractivity contribution is -0.132. The molecule has 1 N–H and O–H groups in total. The first-order valence-corrected chi connectivity index (χ1v) is 13.5. The first-order valence-electron chi connectivity index (χ1n) is 13.5. The molecule has 1 unspecified atom stereocenters. The van der Waals surface area contributed by atoms with Gasteiger partial charge in [-0.2, -0.15) is 5.10 Å². The Morgan fingerprint density at radius 1 is 1.13 bits per heavy atom. The molecule has 0 bridgehead atoms. The Balaban J connectivity index is 1.26. The molecule has 10 heteroatoms. The maximum atomic E-state index is 13.5. The second-order valence-corrected chi connectivity index (χ2v) is 10.9. The quantitative estimate of drug-likeness (QED) is 0.434. The van der Waals surface area contributed by atoms with E-state index in [1.807, 2.05) is 20.5 Å². The largest absolute Gasteiger partial charge is 0.353 e. The summed E-state index contributed by atoms with van der Waals surface area (Å²) >= 11 is 0. The molecule has 0 spiro atoms. The molecule has 4 aromatic heterocycles. The van der Waals surface area contributed by atoms with Gasteiger partial charge in [-0.25, -0.2) is 18.9 Å². The van der Waals surface area contributed by atoms with Crippen LogP contribution in [0, 0.1) is 13.8 Å². The van der Waals surface area contributed by atoms with E-state index in [2.05, 4.69) is 59.8 Å². The molecular formula is C28H35FN8O. The van der Waals surface area contributed by atoms with Gasteiger partial charge in [-0.3, -0.25) is 9.69 Å². The van der Waals surface area contributed by atoms with E-state index in [-0.39, 0.29) is 11.8 Å². The molecule has 2 saturated heterocycles. The van der Waals surface area contributed by atoms with E-state index >= 15 is 0 Å². The van der Waals surface area contributed by atoms with Crippen LogP contribution in [-0.4, -0.2) is 92.3 Å². The zero-order valence-electron chi connectivity index (χ0n) is 22.5. The van der Waals surface area contributed by atoms with Gasteiger partial charge in [0.15, 0.2) is 5.65 Å². The van der Waals surface area contributed by atoms with Crippen molar-refractivity contribution in [3.8, 4) is 11.3 Å². The molecule has 6 rings (SSSR count). The van der Waals surface area contributed by atoms with Crippen LogP contribution in [0.2, 0.25) is 0 Å². The van der Waals surface area contributed by atoms with Crippen molar-refractivity contribution in [2.24, 2.45) is 0 Å². The summed E-state index contributed by atoms with van der Waals surface area (Å²) in [6, 6.07) is 4.18. The third-order valence-electron chi connectivity index (χ3n) is 8.17. The van der Waals surface area contributed by atoms with Crippen LogP contribution in [-0.2, 0) is 4.79 Å². The number of aryl methyl sites for hydroxylation is 1. The van der Waals surface area contributed by atoms with Gasteiger partial charge >= 0.3 is 0 Å². The Morgan fingerprint density at radius 3 is 2.63 bits per heavy atom.